The summed E-state index contributed by atoms with van der Waals surface area (Å²) < 4.78 is 6.81. The molecule has 0 radical (unpaired) electrons. The molecule has 0 aromatic carbocycles. The molecule has 0 aliphatic heterocycles. The van der Waals surface area contributed by atoms with Crippen molar-refractivity contribution in [2.24, 2.45) is 0 Å². The molecule has 2 heterocycles. The molecule has 2 aromatic heterocycles. The third-order valence-corrected chi connectivity index (χ3v) is 3.95. The van der Waals surface area contributed by atoms with E-state index < -0.39 is 6.09 Å². The number of hydrogen-bond donors (Lipinski definition) is 0. The van der Waals surface area contributed by atoms with E-state index >= 15 is 0 Å². The standard InChI is InChI=1S/C15H15ClN4O2S/c1-4-8-19(15(21)22-11(2)23-3)13-10-20(18-14(13)16)12-6-5-7-17-9-12/h1,5-7,9-11H,8H2,2-3H3. The van der Waals surface area contributed by atoms with Crippen molar-refractivity contribution in [1.82, 2.24) is 14.8 Å². The Morgan fingerprint density at radius 2 is 2.43 bits per heavy atom. The van der Waals surface area contributed by atoms with Gasteiger partial charge in [-0.2, -0.15) is 5.10 Å². The lowest BCUT2D eigenvalue weighted by molar-refractivity contribution is 0.149. The first-order chi connectivity index (χ1) is 11.1. The molecule has 6 nitrogen and oxygen atoms in total. The number of thioether (sulfide) groups is 1. The zero-order valence-electron chi connectivity index (χ0n) is 12.6. The summed E-state index contributed by atoms with van der Waals surface area (Å²) in [5.41, 5.74) is 0.800. The molecule has 0 fully saturated rings. The summed E-state index contributed by atoms with van der Waals surface area (Å²) in [6.07, 6.45) is 11.5. The van der Waals surface area contributed by atoms with Gasteiger partial charge in [0.05, 0.1) is 24.6 Å². The van der Waals surface area contributed by atoms with Crippen LogP contribution in [0.25, 0.3) is 5.69 Å². The number of rotatable bonds is 5. The Bertz CT molecular complexity index is 714. The lowest BCUT2D eigenvalue weighted by Crippen LogP contribution is -2.33. The van der Waals surface area contributed by atoms with Crippen molar-refractivity contribution < 1.29 is 9.53 Å². The van der Waals surface area contributed by atoms with Crippen LogP contribution >= 0.6 is 23.4 Å². The van der Waals surface area contributed by atoms with E-state index in [9.17, 15) is 4.79 Å². The van der Waals surface area contributed by atoms with Crippen molar-refractivity contribution >= 4 is 35.1 Å². The molecule has 1 amide bonds. The fraction of sp³-hybridized carbons (Fsp3) is 0.267. The van der Waals surface area contributed by atoms with E-state index in [4.69, 9.17) is 22.8 Å². The van der Waals surface area contributed by atoms with Gasteiger partial charge in [-0.25, -0.2) is 9.48 Å². The highest BCUT2D eigenvalue weighted by atomic mass is 35.5. The number of carbonyl (C=O) groups is 1. The Kier molecular flexibility index (Phi) is 5.90. The quantitative estimate of drug-likeness (QED) is 0.612. The third-order valence-electron chi connectivity index (χ3n) is 2.92. The fourth-order valence-electron chi connectivity index (χ4n) is 1.74. The lowest BCUT2D eigenvalue weighted by Gasteiger charge is -2.20. The van der Waals surface area contributed by atoms with Crippen LogP contribution in [0.15, 0.2) is 30.7 Å². The molecule has 0 saturated heterocycles. The van der Waals surface area contributed by atoms with E-state index in [1.807, 2.05) is 12.3 Å². The van der Waals surface area contributed by atoms with E-state index in [1.165, 1.54) is 21.3 Å². The average Bonchev–Trinajstić information content (AvgIpc) is 2.94. The number of nitrogens with zero attached hydrogens (tertiary/aromatic N) is 4. The minimum atomic E-state index is -0.572. The second-order valence-electron chi connectivity index (χ2n) is 4.44. The molecule has 0 aliphatic rings. The summed E-state index contributed by atoms with van der Waals surface area (Å²) >= 11 is 7.57. The Balaban J connectivity index is 2.31. The summed E-state index contributed by atoms with van der Waals surface area (Å²) in [5.74, 6) is 2.42. The highest BCUT2D eigenvalue weighted by Crippen LogP contribution is 2.27. The molecule has 120 valence electrons. The van der Waals surface area contributed by atoms with E-state index in [0.717, 1.165) is 0 Å². The van der Waals surface area contributed by atoms with Crippen LogP contribution in [0.3, 0.4) is 0 Å². The van der Waals surface area contributed by atoms with Gasteiger partial charge in [0.15, 0.2) is 5.15 Å². The average molecular weight is 351 g/mol. The number of pyridine rings is 1. The molecule has 0 bridgehead atoms. The summed E-state index contributed by atoms with van der Waals surface area (Å²) in [5, 5.41) is 4.34. The molecule has 0 spiro atoms. The molecule has 8 heteroatoms. The van der Waals surface area contributed by atoms with Gasteiger partial charge < -0.3 is 4.74 Å². The van der Waals surface area contributed by atoms with Gasteiger partial charge in [0, 0.05) is 6.20 Å². The predicted octanol–water partition coefficient (Wildman–Crippen LogP) is 3.21. The number of anilines is 1. The Morgan fingerprint density at radius 3 is 3.04 bits per heavy atom. The monoisotopic (exact) mass is 350 g/mol. The van der Waals surface area contributed by atoms with Crippen molar-refractivity contribution in [3.05, 3.63) is 35.9 Å². The van der Waals surface area contributed by atoms with Gasteiger partial charge in [0.2, 0.25) is 0 Å². The van der Waals surface area contributed by atoms with Gasteiger partial charge in [-0.1, -0.05) is 17.5 Å². The molecule has 0 saturated carbocycles. The predicted molar refractivity (Wildman–Crippen MR) is 92.0 cm³/mol. The van der Waals surface area contributed by atoms with Gasteiger partial charge in [0.1, 0.15) is 11.1 Å². The second-order valence-corrected chi connectivity index (χ2v) is 5.93. The van der Waals surface area contributed by atoms with Crippen LogP contribution in [0.1, 0.15) is 6.92 Å². The van der Waals surface area contributed by atoms with Gasteiger partial charge in [-0.15, -0.1) is 18.2 Å². The van der Waals surface area contributed by atoms with Gasteiger partial charge in [-0.3, -0.25) is 9.88 Å². The third kappa shape index (κ3) is 4.18. The fourth-order valence-corrected chi connectivity index (χ4v) is 2.15. The van der Waals surface area contributed by atoms with Crippen LogP contribution in [0.4, 0.5) is 10.5 Å². The van der Waals surface area contributed by atoms with Crippen molar-refractivity contribution in [2.75, 3.05) is 17.7 Å². The van der Waals surface area contributed by atoms with Crippen LogP contribution in [-0.4, -0.2) is 39.1 Å². The maximum Gasteiger partial charge on any atom is 0.416 e. The molecule has 1 atom stereocenters. The van der Waals surface area contributed by atoms with Crippen molar-refractivity contribution in [3.8, 4) is 18.0 Å². The maximum absolute atomic E-state index is 12.3. The van der Waals surface area contributed by atoms with E-state index in [1.54, 1.807) is 31.6 Å². The van der Waals surface area contributed by atoms with Crippen LogP contribution in [0, 0.1) is 12.3 Å². The molecule has 0 aliphatic carbocycles. The van der Waals surface area contributed by atoms with Crippen molar-refractivity contribution in [1.29, 1.82) is 0 Å². The number of hydrogen-bond acceptors (Lipinski definition) is 5. The zero-order valence-corrected chi connectivity index (χ0v) is 14.2. The van der Waals surface area contributed by atoms with Crippen LogP contribution < -0.4 is 4.90 Å². The van der Waals surface area contributed by atoms with E-state index in [-0.39, 0.29) is 17.1 Å². The van der Waals surface area contributed by atoms with Crippen molar-refractivity contribution in [2.45, 2.75) is 12.4 Å². The number of ether oxygens (including phenoxy) is 1. The zero-order chi connectivity index (χ0) is 16.8. The highest BCUT2D eigenvalue weighted by molar-refractivity contribution is 7.99. The minimum absolute atomic E-state index is 0.0262. The van der Waals surface area contributed by atoms with Crippen LogP contribution in [0.2, 0.25) is 5.15 Å². The molecule has 23 heavy (non-hydrogen) atoms. The normalized spacial score (nSPS) is 11.6. The Morgan fingerprint density at radius 1 is 1.65 bits per heavy atom. The van der Waals surface area contributed by atoms with Crippen molar-refractivity contribution in [3.63, 3.8) is 0 Å². The smallest absolute Gasteiger partial charge is 0.416 e. The first-order valence-electron chi connectivity index (χ1n) is 6.66. The number of halogens is 1. The Hall–Kier alpha value is -2.17. The topological polar surface area (TPSA) is 60.2 Å². The van der Waals surface area contributed by atoms with Gasteiger partial charge in [0.25, 0.3) is 0 Å². The second kappa shape index (κ2) is 7.90. The summed E-state index contributed by atoms with van der Waals surface area (Å²) in [6, 6.07) is 3.60. The number of carbonyl (C=O) groups excluding carboxylic acids is 1. The highest BCUT2D eigenvalue weighted by Gasteiger charge is 2.23. The Labute approximate surface area is 143 Å². The summed E-state index contributed by atoms with van der Waals surface area (Å²) in [7, 11) is 0. The molecule has 2 rings (SSSR count). The van der Waals surface area contributed by atoms with Gasteiger partial charge >= 0.3 is 6.09 Å². The molecule has 0 N–H and O–H groups in total. The molecular formula is C15H15ClN4O2S. The number of terminal acetylenes is 1. The molecular weight excluding hydrogens is 336 g/mol. The lowest BCUT2D eigenvalue weighted by atomic mass is 10.4. The SMILES string of the molecule is C#CCN(C(=O)OC(C)SC)c1cn(-c2cccnc2)nc1Cl. The first-order valence-corrected chi connectivity index (χ1v) is 8.33. The van der Waals surface area contributed by atoms with Crippen LogP contribution in [-0.2, 0) is 4.74 Å². The molecule has 1 unspecified atom stereocenters. The largest absolute Gasteiger partial charge is 0.435 e. The summed E-state index contributed by atoms with van der Waals surface area (Å²) in [6.45, 7) is 1.80. The van der Waals surface area contributed by atoms with Crippen LogP contribution in [0.5, 0.6) is 0 Å². The molecule has 2 aromatic rings. The summed E-state index contributed by atoms with van der Waals surface area (Å²) in [4.78, 5) is 17.6. The van der Waals surface area contributed by atoms with E-state index in [0.29, 0.717) is 11.4 Å². The van der Waals surface area contributed by atoms with Gasteiger partial charge in [-0.05, 0) is 25.3 Å². The number of aromatic nitrogens is 3. The maximum atomic E-state index is 12.3. The first kappa shape index (κ1) is 17.2. The number of amides is 1. The minimum Gasteiger partial charge on any atom is -0.435 e. The van der Waals surface area contributed by atoms with E-state index in [2.05, 4.69) is 16.0 Å².